The summed E-state index contributed by atoms with van der Waals surface area (Å²) in [6.45, 7) is 14.6. The minimum atomic E-state index is -0.596. The number of benzene rings is 1. The quantitative estimate of drug-likeness (QED) is 0.720. The summed E-state index contributed by atoms with van der Waals surface area (Å²) in [6.07, 6.45) is -1.08. The summed E-state index contributed by atoms with van der Waals surface area (Å²) in [5, 5.41) is 0. The van der Waals surface area contributed by atoms with E-state index in [1.807, 2.05) is 78.8 Å². The second-order valence-corrected chi connectivity index (χ2v) is 9.66. The van der Waals surface area contributed by atoms with Gasteiger partial charge in [0, 0.05) is 19.6 Å². The highest BCUT2D eigenvalue weighted by atomic mass is 16.6. The Morgan fingerprint density at radius 2 is 1.63 bits per heavy atom. The predicted molar refractivity (Wildman–Crippen MR) is 115 cm³/mol. The minimum absolute atomic E-state index is 0.213. The summed E-state index contributed by atoms with van der Waals surface area (Å²) < 4.78 is 17.2. The predicted octanol–water partition coefficient (Wildman–Crippen LogP) is 4.45. The van der Waals surface area contributed by atoms with E-state index in [1.165, 1.54) is 0 Å². The van der Waals surface area contributed by atoms with Crippen LogP contribution >= 0.6 is 0 Å². The van der Waals surface area contributed by atoms with Crippen LogP contribution in [0.15, 0.2) is 30.3 Å². The number of piperazine rings is 1. The number of nitrogens with zero attached hydrogens (tertiary/aromatic N) is 2. The lowest BCUT2D eigenvalue weighted by atomic mass is 10.1. The van der Waals surface area contributed by atoms with Gasteiger partial charge in [0.05, 0.1) is 17.7 Å². The summed E-state index contributed by atoms with van der Waals surface area (Å²) in [6, 6.07) is 9.22. The molecule has 1 aromatic carbocycles. The van der Waals surface area contributed by atoms with Crippen molar-refractivity contribution in [3.8, 4) is 0 Å². The fraction of sp³-hybridized carbons (Fsp3) is 0.652. The Morgan fingerprint density at radius 1 is 1.00 bits per heavy atom. The molecule has 1 aromatic rings. The fourth-order valence-electron chi connectivity index (χ4n) is 3.37. The van der Waals surface area contributed by atoms with Crippen LogP contribution in [0.5, 0.6) is 0 Å². The van der Waals surface area contributed by atoms with E-state index < -0.39 is 17.8 Å². The maximum atomic E-state index is 12.8. The number of ether oxygens (including phenoxy) is 3. The van der Waals surface area contributed by atoms with Crippen molar-refractivity contribution in [2.24, 2.45) is 0 Å². The Labute approximate surface area is 180 Å². The molecule has 2 rings (SSSR count). The number of hydrogen-bond donors (Lipinski definition) is 0. The second-order valence-electron chi connectivity index (χ2n) is 9.66. The first kappa shape index (κ1) is 24.0. The fourth-order valence-corrected chi connectivity index (χ4v) is 3.37. The Bertz CT molecular complexity index is 709. The van der Waals surface area contributed by atoms with Gasteiger partial charge in [-0.15, -0.1) is 0 Å². The molecule has 7 heteroatoms. The molecule has 1 heterocycles. The number of amides is 2. The van der Waals surface area contributed by atoms with E-state index >= 15 is 0 Å². The molecule has 0 bridgehead atoms. The molecule has 7 nitrogen and oxygen atoms in total. The van der Waals surface area contributed by atoms with Crippen molar-refractivity contribution < 1.29 is 23.8 Å². The zero-order valence-electron chi connectivity index (χ0n) is 19.3. The molecular formula is C23H36N2O5. The van der Waals surface area contributed by atoms with Gasteiger partial charge in [-0.2, -0.15) is 0 Å². The van der Waals surface area contributed by atoms with Crippen LogP contribution in [0.2, 0.25) is 0 Å². The van der Waals surface area contributed by atoms with Crippen molar-refractivity contribution in [2.75, 3.05) is 19.6 Å². The van der Waals surface area contributed by atoms with Gasteiger partial charge in [-0.1, -0.05) is 30.3 Å². The van der Waals surface area contributed by atoms with Gasteiger partial charge in [0.15, 0.2) is 0 Å². The average Bonchev–Trinajstić information content (AvgIpc) is 2.63. The van der Waals surface area contributed by atoms with E-state index in [4.69, 9.17) is 14.2 Å². The molecule has 2 amide bonds. The van der Waals surface area contributed by atoms with Crippen molar-refractivity contribution in [1.29, 1.82) is 0 Å². The number of rotatable bonds is 4. The summed E-state index contributed by atoms with van der Waals surface area (Å²) in [5.41, 5.74) is -0.0457. The van der Waals surface area contributed by atoms with E-state index in [9.17, 15) is 9.59 Å². The molecule has 2 atom stereocenters. The monoisotopic (exact) mass is 420 g/mol. The first-order valence-corrected chi connectivity index (χ1v) is 10.5. The highest BCUT2D eigenvalue weighted by Gasteiger charge is 2.39. The third-order valence-electron chi connectivity index (χ3n) is 4.59. The van der Waals surface area contributed by atoms with Crippen LogP contribution in [0.25, 0.3) is 0 Å². The van der Waals surface area contributed by atoms with E-state index in [-0.39, 0.29) is 24.4 Å². The molecule has 168 valence electrons. The highest BCUT2D eigenvalue weighted by molar-refractivity contribution is 5.71. The normalized spacial score (nSPS) is 18.7. The lowest BCUT2D eigenvalue weighted by molar-refractivity contribution is -0.101. The third-order valence-corrected chi connectivity index (χ3v) is 4.59. The van der Waals surface area contributed by atoms with Crippen molar-refractivity contribution >= 4 is 12.2 Å². The molecule has 0 N–H and O–H groups in total. The number of hydrogen-bond acceptors (Lipinski definition) is 5. The molecule has 0 aromatic heterocycles. The minimum Gasteiger partial charge on any atom is -0.445 e. The average molecular weight is 421 g/mol. The van der Waals surface area contributed by atoms with E-state index in [1.54, 1.807) is 9.80 Å². The molecule has 0 aliphatic carbocycles. The Kier molecular flexibility index (Phi) is 7.75. The van der Waals surface area contributed by atoms with Gasteiger partial charge in [0.1, 0.15) is 12.2 Å². The van der Waals surface area contributed by atoms with Gasteiger partial charge in [0.25, 0.3) is 0 Å². The van der Waals surface area contributed by atoms with Crippen LogP contribution in [-0.2, 0) is 20.8 Å². The maximum absolute atomic E-state index is 12.8. The molecule has 1 aliphatic rings. The molecule has 0 saturated carbocycles. The third kappa shape index (κ3) is 7.52. The standard InChI is InChI=1S/C23H36N2O5/c1-17(29-22(2,3)4)19-15-24(13-14-25(19)21(27)30-23(5,6)7)20(26)28-16-18-11-9-8-10-12-18/h8-12,17,19H,13-16H2,1-7H3/t17-,19+/m0/s1. The van der Waals surface area contributed by atoms with Gasteiger partial charge in [0.2, 0.25) is 0 Å². The zero-order chi connectivity index (χ0) is 22.5. The topological polar surface area (TPSA) is 68.3 Å². The van der Waals surface area contributed by atoms with Crippen LogP contribution in [-0.4, -0.2) is 65.0 Å². The lowest BCUT2D eigenvalue weighted by Crippen LogP contribution is -2.61. The molecule has 1 fully saturated rings. The number of carbonyl (C=O) groups is 2. The SMILES string of the molecule is C[C@H](OC(C)(C)C)[C@H]1CN(C(=O)OCc2ccccc2)CCN1C(=O)OC(C)(C)C. The maximum Gasteiger partial charge on any atom is 0.410 e. The van der Waals surface area contributed by atoms with Crippen LogP contribution in [0, 0.1) is 0 Å². The summed E-state index contributed by atoms with van der Waals surface area (Å²) in [5.74, 6) is 0. The van der Waals surface area contributed by atoms with Gasteiger partial charge < -0.3 is 19.1 Å². The summed E-state index contributed by atoms with van der Waals surface area (Å²) in [4.78, 5) is 28.8. The molecule has 0 unspecified atom stereocenters. The molecule has 0 spiro atoms. The van der Waals surface area contributed by atoms with Crippen LogP contribution < -0.4 is 0 Å². The lowest BCUT2D eigenvalue weighted by Gasteiger charge is -2.44. The van der Waals surface area contributed by atoms with Crippen LogP contribution in [0.3, 0.4) is 0 Å². The van der Waals surface area contributed by atoms with Crippen LogP contribution in [0.4, 0.5) is 9.59 Å². The van der Waals surface area contributed by atoms with Gasteiger partial charge in [-0.05, 0) is 54.0 Å². The Balaban J connectivity index is 2.08. The van der Waals surface area contributed by atoms with Crippen LogP contribution in [0.1, 0.15) is 54.0 Å². The van der Waals surface area contributed by atoms with E-state index in [0.717, 1.165) is 5.56 Å². The molecule has 1 aliphatic heterocycles. The Hall–Kier alpha value is -2.28. The van der Waals surface area contributed by atoms with Crippen molar-refractivity contribution in [2.45, 2.75) is 78.4 Å². The highest BCUT2D eigenvalue weighted by Crippen LogP contribution is 2.23. The van der Waals surface area contributed by atoms with Gasteiger partial charge in [-0.25, -0.2) is 9.59 Å². The number of carbonyl (C=O) groups excluding carboxylic acids is 2. The van der Waals surface area contributed by atoms with Crippen molar-refractivity contribution in [1.82, 2.24) is 9.80 Å². The first-order valence-electron chi connectivity index (χ1n) is 10.5. The summed E-state index contributed by atoms with van der Waals surface area (Å²) >= 11 is 0. The van der Waals surface area contributed by atoms with E-state index in [0.29, 0.717) is 19.6 Å². The van der Waals surface area contributed by atoms with Gasteiger partial charge in [-0.3, -0.25) is 4.90 Å². The van der Waals surface area contributed by atoms with E-state index in [2.05, 4.69) is 0 Å². The van der Waals surface area contributed by atoms with Crippen molar-refractivity contribution in [3.63, 3.8) is 0 Å². The summed E-state index contributed by atoms with van der Waals surface area (Å²) in [7, 11) is 0. The zero-order valence-corrected chi connectivity index (χ0v) is 19.3. The molecule has 1 saturated heterocycles. The molecule has 30 heavy (non-hydrogen) atoms. The first-order chi connectivity index (χ1) is 13.9. The Morgan fingerprint density at radius 3 is 2.20 bits per heavy atom. The largest absolute Gasteiger partial charge is 0.445 e. The molecule has 0 radical (unpaired) electrons. The smallest absolute Gasteiger partial charge is 0.410 e. The van der Waals surface area contributed by atoms with Gasteiger partial charge >= 0.3 is 12.2 Å². The molecular weight excluding hydrogens is 384 g/mol. The van der Waals surface area contributed by atoms with Crippen molar-refractivity contribution in [3.05, 3.63) is 35.9 Å². The second kappa shape index (κ2) is 9.69.